The number of nitrogens with zero attached hydrogens (tertiary/aromatic N) is 1. The van der Waals surface area contributed by atoms with Gasteiger partial charge in [-0.2, -0.15) is 0 Å². The molecule has 6 nitrogen and oxygen atoms in total. The predicted octanol–water partition coefficient (Wildman–Crippen LogP) is 1.97. The van der Waals surface area contributed by atoms with Crippen molar-refractivity contribution in [3.8, 4) is 0 Å². The number of carboxylic acid groups (broad SMARTS) is 1. The Morgan fingerprint density at radius 3 is 2.55 bits per heavy atom. The average Bonchev–Trinajstić information content (AvgIpc) is 2.88. The number of aliphatic hydroxyl groups is 1. The van der Waals surface area contributed by atoms with Gasteiger partial charge in [-0.3, -0.25) is 9.78 Å². The summed E-state index contributed by atoms with van der Waals surface area (Å²) in [5, 5.41) is 17.6. The number of allylic oxidation sites excluding steroid dienone is 1. The van der Waals surface area contributed by atoms with Gasteiger partial charge in [0.15, 0.2) is 5.76 Å². The number of aliphatic hydroxyl groups excluding tert-OH is 1. The molecule has 0 radical (unpaired) electrons. The third kappa shape index (κ3) is 3.11. The number of rotatable bonds is 5. The first-order valence-electron chi connectivity index (χ1n) is 5.71. The van der Waals surface area contributed by atoms with Gasteiger partial charge in [-0.15, -0.1) is 0 Å². The summed E-state index contributed by atoms with van der Waals surface area (Å²) in [6.07, 6.45) is 5.68. The normalized spacial score (nSPS) is 11.3. The molecule has 0 unspecified atom stereocenters. The minimum absolute atomic E-state index is 0.00890. The number of aliphatic carboxylic acids is 1. The molecule has 0 aliphatic carbocycles. The molecule has 0 aromatic carbocycles. The SMILES string of the molecule is O=C(O)/C(O)=C/C(=O)c1occc1Cc1ccncc1. The summed E-state index contributed by atoms with van der Waals surface area (Å²) in [5.74, 6) is -3.28. The number of pyridine rings is 1. The highest BCUT2D eigenvalue weighted by molar-refractivity contribution is 6.06. The fourth-order valence-electron chi connectivity index (χ4n) is 1.66. The van der Waals surface area contributed by atoms with Gasteiger partial charge in [-0.1, -0.05) is 0 Å². The summed E-state index contributed by atoms with van der Waals surface area (Å²) in [5.41, 5.74) is 1.54. The Hall–Kier alpha value is -2.89. The fraction of sp³-hybridized carbons (Fsp3) is 0.0714. The zero-order valence-electron chi connectivity index (χ0n) is 10.3. The van der Waals surface area contributed by atoms with Crippen LogP contribution in [0, 0.1) is 0 Å². The van der Waals surface area contributed by atoms with Gasteiger partial charge in [0.25, 0.3) is 0 Å². The minimum atomic E-state index is -1.57. The van der Waals surface area contributed by atoms with Crippen molar-refractivity contribution in [2.75, 3.05) is 0 Å². The third-order valence-corrected chi connectivity index (χ3v) is 2.60. The van der Waals surface area contributed by atoms with E-state index in [0.717, 1.165) is 5.56 Å². The van der Waals surface area contributed by atoms with Gasteiger partial charge >= 0.3 is 5.97 Å². The van der Waals surface area contributed by atoms with Crippen molar-refractivity contribution >= 4 is 11.8 Å². The van der Waals surface area contributed by atoms with E-state index in [1.807, 2.05) is 0 Å². The van der Waals surface area contributed by atoms with Crippen LogP contribution in [0.15, 0.2) is 53.1 Å². The molecule has 0 saturated carbocycles. The van der Waals surface area contributed by atoms with Gasteiger partial charge < -0.3 is 14.6 Å². The Kier molecular flexibility index (Phi) is 3.95. The Morgan fingerprint density at radius 2 is 1.90 bits per heavy atom. The first-order valence-corrected chi connectivity index (χ1v) is 5.71. The predicted molar refractivity (Wildman–Crippen MR) is 68.4 cm³/mol. The lowest BCUT2D eigenvalue weighted by atomic mass is 10.0. The van der Waals surface area contributed by atoms with Gasteiger partial charge in [0.1, 0.15) is 0 Å². The maximum Gasteiger partial charge on any atom is 0.371 e. The number of hydrogen-bond acceptors (Lipinski definition) is 5. The van der Waals surface area contributed by atoms with E-state index in [9.17, 15) is 9.59 Å². The molecule has 0 saturated heterocycles. The molecule has 0 spiro atoms. The van der Waals surface area contributed by atoms with E-state index in [-0.39, 0.29) is 5.76 Å². The van der Waals surface area contributed by atoms with Crippen LogP contribution < -0.4 is 0 Å². The first kappa shape index (κ1) is 13.5. The molecule has 2 aromatic rings. The van der Waals surface area contributed by atoms with Crippen molar-refractivity contribution in [1.82, 2.24) is 4.98 Å². The number of carbonyl (C=O) groups is 2. The second kappa shape index (κ2) is 5.83. The second-order valence-electron chi connectivity index (χ2n) is 4.01. The van der Waals surface area contributed by atoms with Crippen LogP contribution in [0.2, 0.25) is 0 Å². The molecule has 0 aliphatic rings. The van der Waals surface area contributed by atoms with E-state index in [1.54, 1.807) is 30.6 Å². The number of hydrogen-bond donors (Lipinski definition) is 2. The molecule has 2 N–H and O–H groups in total. The van der Waals surface area contributed by atoms with E-state index >= 15 is 0 Å². The number of ketones is 1. The van der Waals surface area contributed by atoms with Crippen molar-refractivity contribution in [1.29, 1.82) is 0 Å². The molecule has 0 fully saturated rings. The number of furan rings is 1. The van der Waals surface area contributed by atoms with Gasteiger partial charge in [-0.05, 0) is 23.8 Å². The maximum atomic E-state index is 11.8. The van der Waals surface area contributed by atoms with Gasteiger partial charge in [0.2, 0.25) is 11.5 Å². The second-order valence-corrected chi connectivity index (χ2v) is 4.01. The topological polar surface area (TPSA) is 101 Å². The summed E-state index contributed by atoms with van der Waals surface area (Å²) in [7, 11) is 0. The Balaban J connectivity index is 2.23. The highest BCUT2D eigenvalue weighted by Crippen LogP contribution is 2.17. The maximum absolute atomic E-state index is 11.8. The molecule has 102 valence electrons. The van der Waals surface area contributed by atoms with Crippen LogP contribution in [0.3, 0.4) is 0 Å². The molecule has 0 atom stereocenters. The lowest BCUT2D eigenvalue weighted by molar-refractivity contribution is -0.135. The Morgan fingerprint density at radius 1 is 1.20 bits per heavy atom. The molecule has 2 aromatic heterocycles. The van der Waals surface area contributed by atoms with Gasteiger partial charge in [-0.25, -0.2) is 4.79 Å². The van der Waals surface area contributed by atoms with Crippen molar-refractivity contribution in [2.45, 2.75) is 6.42 Å². The first-order chi connectivity index (χ1) is 9.58. The van der Waals surface area contributed by atoms with Crippen molar-refractivity contribution in [3.63, 3.8) is 0 Å². The fourth-order valence-corrected chi connectivity index (χ4v) is 1.66. The molecule has 20 heavy (non-hydrogen) atoms. The summed E-state index contributed by atoms with van der Waals surface area (Å²) in [6, 6.07) is 5.22. The highest BCUT2D eigenvalue weighted by atomic mass is 16.4. The molecule has 6 heteroatoms. The van der Waals surface area contributed by atoms with Crippen LogP contribution in [-0.2, 0) is 11.2 Å². The van der Waals surface area contributed by atoms with E-state index in [1.165, 1.54) is 6.26 Å². The van der Waals surface area contributed by atoms with Crippen LogP contribution in [-0.4, -0.2) is 26.9 Å². The molecule has 0 aliphatic heterocycles. The largest absolute Gasteiger partial charge is 0.502 e. The van der Waals surface area contributed by atoms with Crippen LogP contribution in [0.5, 0.6) is 0 Å². The molecule has 0 amide bonds. The quantitative estimate of drug-likeness (QED) is 0.490. The highest BCUT2D eigenvalue weighted by Gasteiger charge is 2.16. The number of carboxylic acids is 1. The standard InChI is InChI=1S/C14H11NO5/c16-11(8-12(17)14(18)19)13-10(3-6-20-13)7-9-1-4-15-5-2-9/h1-6,8,17H,7H2,(H,18,19)/b12-8-. The Bertz CT molecular complexity index is 657. The van der Waals surface area contributed by atoms with E-state index in [2.05, 4.69) is 4.98 Å². The summed E-state index contributed by atoms with van der Waals surface area (Å²) in [6.45, 7) is 0. The van der Waals surface area contributed by atoms with Crippen LogP contribution in [0.1, 0.15) is 21.7 Å². The minimum Gasteiger partial charge on any atom is -0.502 e. The summed E-state index contributed by atoms with van der Waals surface area (Å²) in [4.78, 5) is 26.2. The van der Waals surface area contributed by atoms with Crippen LogP contribution in [0.25, 0.3) is 0 Å². The van der Waals surface area contributed by atoms with Crippen LogP contribution in [0.4, 0.5) is 0 Å². The monoisotopic (exact) mass is 273 g/mol. The Labute approximate surface area is 114 Å². The van der Waals surface area contributed by atoms with E-state index < -0.39 is 17.5 Å². The molecular formula is C14H11NO5. The average molecular weight is 273 g/mol. The lowest BCUT2D eigenvalue weighted by Gasteiger charge is -2.00. The summed E-state index contributed by atoms with van der Waals surface area (Å²) >= 11 is 0. The van der Waals surface area contributed by atoms with E-state index in [4.69, 9.17) is 14.6 Å². The van der Waals surface area contributed by atoms with Crippen LogP contribution >= 0.6 is 0 Å². The van der Waals surface area contributed by atoms with Crippen molar-refractivity contribution in [3.05, 3.63) is 65.6 Å². The van der Waals surface area contributed by atoms with E-state index in [0.29, 0.717) is 18.1 Å². The molecular weight excluding hydrogens is 262 g/mol. The lowest BCUT2D eigenvalue weighted by Crippen LogP contribution is -2.05. The van der Waals surface area contributed by atoms with Gasteiger partial charge in [0.05, 0.1) is 6.26 Å². The number of aromatic nitrogens is 1. The number of carbonyl (C=O) groups excluding carboxylic acids is 1. The third-order valence-electron chi connectivity index (χ3n) is 2.60. The van der Waals surface area contributed by atoms with Gasteiger partial charge in [0, 0.05) is 30.5 Å². The zero-order valence-corrected chi connectivity index (χ0v) is 10.3. The van der Waals surface area contributed by atoms with Crippen molar-refractivity contribution < 1.29 is 24.2 Å². The van der Waals surface area contributed by atoms with Crippen molar-refractivity contribution in [2.24, 2.45) is 0 Å². The molecule has 0 bridgehead atoms. The summed E-state index contributed by atoms with van der Waals surface area (Å²) < 4.78 is 5.07. The molecule has 2 rings (SSSR count). The molecule has 2 heterocycles. The zero-order chi connectivity index (χ0) is 14.5. The smallest absolute Gasteiger partial charge is 0.371 e.